The molecule has 2 N–H and O–H groups in total. The van der Waals surface area contributed by atoms with Crippen molar-refractivity contribution < 1.29 is 9.53 Å². The average Bonchev–Trinajstić information content (AvgIpc) is 2.24. The molecule has 0 fully saturated rings. The van der Waals surface area contributed by atoms with Crippen LogP contribution in [-0.2, 0) is 9.53 Å². The molecular weight excluding hydrogens is 190 g/mol. The molecule has 0 radical (unpaired) electrons. The van der Waals surface area contributed by atoms with Crippen LogP contribution in [0.5, 0.6) is 0 Å². The van der Waals surface area contributed by atoms with E-state index in [-0.39, 0.29) is 5.97 Å². The Morgan fingerprint density at radius 3 is 2.33 bits per heavy atom. The van der Waals surface area contributed by atoms with Gasteiger partial charge in [0.05, 0.1) is 6.61 Å². The smallest absolute Gasteiger partial charge is 0.322 e. The topological polar surface area (TPSA) is 52.3 Å². The minimum Gasteiger partial charge on any atom is -0.465 e. The first-order valence-corrected chi connectivity index (χ1v) is 6.14. The molecule has 0 amide bonds. The molecule has 0 aliphatic carbocycles. The highest BCUT2D eigenvalue weighted by Gasteiger charge is 2.13. The number of hydrogen-bond donors (Lipinski definition) is 1. The van der Waals surface area contributed by atoms with E-state index < -0.39 is 6.04 Å². The first kappa shape index (κ1) is 14.4. The number of hydrogen-bond acceptors (Lipinski definition) is 3. The van der Waals surface area contributed by atoms with Crippen LogP contribution in [0.4, 0.5) is 0 Å². The number of nitrogens with two attached hydrogens (primary N) is 1. The molecule has 0 heterocycles. The first-order chi connectivity index (χ1) is 7.22. The van der Waals surface area contributed by atoms with Gasteiger partial charge in [-0.15, -0.1) is 0 Å². The van der Waals surface area contributed by atoms with Crippen molar-refractivity contribution in [3.63, 3.8) is 0 Å². The predicted octanol–water partition coefficient (Wildman–Crippen LogP) is 2.63. The fraction of sp³-hybridized carbons (Fsp3) is 0.917. The molecule has 3 heteroatoms. The molecule has 0 spiro atoms. The molecule has 0 bridgehead atoms. The lowest BCUT2D eigenvalue weighted by Gasteiger charge is -2.10. The maximum absolute atomic E-state index is 11.4. The van der Waals surface area contributed by atoms with Gasteiger partial charge in [-0.3, -0.25) is 4.79 Å². The number of carbonyl (C=O) groups is 1. The van der Waals surface area contributed by atoms with Gasteiger partial charge in [-0.25, -0.2) is 0 Å². The molecule has 0 rings (SSSR count). The SMILES string of the molecule is CCCCCOC(=O)C(N)CCCCC. The number of esters is 1. The standard InChI is InChI=1S/C12H25NO2/c1-3-5-7-9-11(13)12(14)15-10-8-6-4-2/h11H,3-10,13H2,1-2H3. The molecule has 0 aromatic heterocycles. The molecule has 0 aromatic rings. The van der Waals surface area contributed by atoms with E-state index in [1.807, 2.05) is 0 Å². The van der Waals surface area contributed by atoms with Crippen LogP contribution in [0.3, 0.4) is 0 Å². The molecule has 90 valence electrons. The Morgan fingerprint density at radius 1 is 1.13 bits per heavy atom. The molecule has 1 atom stereocenters. The van der Waals surface area contributed by atoms with Gasteiger partial charge in [0.1, 0.15) is 6.04 Å². The second kappa shape index (κ2) is 9.97. The Labute approximate surface area is 93.4 Å². The Bertz CT molecular complexity index is 160. The van der Waals surface area contributed by atoms with Crippen LogP contribution in [0.1, 0.15) is 58.8 Å². The Kier molecular flexibility index (Phi) is 9.59. The van der Waals surface area contributed by atoms with Gasteiger partial charge < -0.3 is 10.5 Å². The van der Waals surface area contributed by atoms with Crippen molar-refractivity contribution in [2.75, 3.05) is 6.61 Å². The van der Waals surface area contributed by atoms with Crippen molar-refractivity contribution >= 4 is 5.97 Å². The van der Waals surface area contributed by atoms with Crippen LogP contribution in [-0.4, -0.2) is 18.6 Å². The highest BCUT2D eigenvalue weighted by molar-refractivity contribution is 5.75. The zero-order valence-electron chi connectivity index (χ0n) is 10.1. The number of rotatable bonds is 9. The van der Waals surface area contributed by atoms with E-state index >= 15 is 0 Å². The van der Waals surface area contributed by atoms with E-state index in [0.29, 0.717) is 6.61 Å². The molecule has 0 saturated carbocycles. The van der Waals surface area contributed by atoms with Crippen molar-refractivity contribution in [1.29, 1.82) is 0 Å². The van der Waals surface area contributed by atoms with Crippen LogP contribution in [0.25, 0.3) is 0 Å². The van der Waals surface area contributed by atoms with Crippen molar-refractivity contribution in [2.45, 2.75) is 64.8 Å². The van der Waals surface area contributed by atoms with Crippen LogP contribution >= 0.6 is 0 Å². The fourth-order valence-electron chi connectivity index (χ4n) is 1.36. The van der Waals surface area contributed by atoms with E-state index in [1.165, 1.54) is 0 Å². The summed E-state index contributed by atoms with van der Waals surface area (Å²) >= 11 is 0. The van der Waals surface area contributed by atoms with E-state index in [9.17, 15) is 4.79 Å². The van der Waals surface area contributed by atoms with E-state index in [4.69, 9.17) is 10.5 Å². The molecule has 0 aliphatic rings. The van der Waals surface area contributed by atoms with E-state index in [2.05, 4.69) is 13.8 Å². The fourth-order valence-corrected chi connectivity index (χ4v) is 1.36. The number of unbranched alkanes of at least 4 members (excludes halogenated alkanes) is 4. The third kappa shape index (κ3) is 8.43. The zero-order chi connectivity index (χ0) is 11.5. The second-order valence-corrected chi connectivity index (χ2v) is 3.98. The molecule has 0 aliphatic heterocycles. The summed E-state index contributed by atoms with van der Waals surface area (Å²) in [6, 6.07) is -0.418. The third-order valence-electron chi connectivity index (χ3n) is 2.41. The Hall–Kier alpha value is -0.570. The van der Waals surface area contributed by atoms with Crippen molar-refractivity contribution in [2.24, 2.45) is 5.73 Å². The molecule has 15 heavy (non-hydrogen) atoms. The zero-order valence-corrected chi connectivity index (χ0v) is 10.1. The summed E-state index contributed by atoms with van der Waals surface area (Å²) in [6.07, 6.45) is 7.25. The van der Waals surface area contributed by atoms with Gasteiger partial charge in [0, 0.05) is 0 Å². The van der Waals surface area contributed by atoms with Gasteiger partial charge in [0.2, 0.25) is 0 Å². The van der Waals surface area contributed by atoms with E-state index in [1.54, 1.807) is 0 Å². The Morgan fingerprint density at radius 2 is 1.73 bits per heavy atom. The monoisotopic (exact) mass is 215 g/mol. The van der Waals surface area contributed by atoms with Crippen molar-refractivity contribution in [1.82, 2.24) is 0 Å². The molecule has 0 saturated heterocycles. The van der Waals surface area contributed by atoms with Gasteiger partial charge in [0.25, 0.3) is 0 Å². The van der Waals surface area contributed by atoms with E-state index in [0.717, 1.165) is 44.9 Å². The van der Waals surface area contributed by atoms with Gasteiger partial charge in [0.15, 0.2) is 0 Å². The summed E-state index contributed by atoms with van der Waals surface area (Å²) < 4.78 is 5.07. The van der Waals surface area contributed by atoms with Crippen LogP contribution in [0, 0.1) is 0 Å². The average molecular weight is 215 g/mol. The van der Waals surface area contributed by atoms with Crippen LogP contribution in [0.15, 0.2) is 0 Å². The second-order valence-electron chi connectivity index (χ2n) is 3.98. The Balaban J connectivity index is 3.42. The minimum absolute atomic E-state index is 0.234. The summed E-state index contributed by atoms with van der Waals surface area (Å²) in [5.74, 6) is -0.234. The lowest BCUT2D eigenvalue weighted by molar-refractivity contribution is -0.145. The van der Waals surface area contributed by atoms with Crippen molar-refractivity contribution in [3.8, 4) is 0 Å². The highest BCUT2D eigenvalue weighted by atomic mass is 16.5. The maximum atomic E-state index is 11.4. The number of carbonyl (C=O) groups excluding carboxylic acids is 1. The third-order valence-corrected chi connectivity index (χ3v) is 2.41. The number of ether oxygens (including phenoxy) is 1. The summed E-state index contributed by atoms with van der Waals surface area (Å²) in [5, 5.41) is 0. The van der Waals surface area contributed by atoms with Gasteiger partial charge >= 0.3 is 5.97 Å². The first-order valence-electron chi connectivity index (χ1n) is 6.14. The largest absolute Gasteiger partial charge is 0.465 e. The lowest BCUT2D eigenvalue weighted by atomic mass is 10.1. The molecular formula is C12H25NO2. The normalized spacial score (nSPS) is 12.5. The molecule has 0 aromatic carbocycles. The van der Waals surface area contributed by atoms with Crippen molar-refractivity contribution in [3.05, 3.63) is 0 Å². The highest BCUT2D eigenvalue weighted by Crippen LogP contribution is 2.03. The van der Waals surface area contributed by atoms with Gasteiger partial charge in [-0.2, -0.15) is 0 Å². The predicted molar refractivity (Wildman–Crippen MR) is 62.6 cm³/mol. The van der Waals surface area contributed by atoms with Crippen LogP contribution in [0.2, 0.25) is 0 Å². The maximum Gasteiger partial charge on any atom is 0.322 e. The summed E-state index contributed by atoms with van der Waals surface area (Å²) in [5.41, 5.74) is 5.70. The summed E-state index contributed by atoms with van der Waals surface area (Å²) in [4.78, 5) is 11.4. The van der Waals surface area contributed by atoms with Crippen LogP contribution < -0.4 is 5.73 Å². The lowest BCUT2D eigenvalue weighted by Crippen LogP contribution is -2.32. The van der Waals surface area contributed by atoms with Gasteiger partial charge in [-0.05, 0) is 12.8 Å². The molecule has 1 unspecified atom stereocenters. The quantitative estimate of drug-likeness (QED) is 0.475. The summed E-state index contributed by atoms with van der Waals surface area (Å²) in [7, 11) is 0. The minimum atomic E-state index is -0.418. The van der Waals surface area contributed by atoms with Gasteiger partial charge in [-0.1, -0.05) is 46.0 Å². The summed E-state index contributed by atoms with van der Waals surface area (Å²) in [6.45, 7) is 4.78. The molecule has 3 nitrogen and oxygen atoms in total.